The van der Waals surface area contributed by atoms with E-state index in [1.807, 2.05) is 0 Å². The first kappa shape index (κ1) is 11.7. The maximum Gasteiger partial charge on any atom is 0.123 e. The van der Waals surface area contributed by atoms with Gasteiger partial charge in [-0.05, 0) is 42.5 Å². The molecule has 0 aliphatic heterocycles. The highest BCUT2D eigenvalue weighted by atomic mass is 19.1. The van der Waals surface area contributed by atoms with Gasteiger partial charge in [0, 0.05) is 22.7 Å². The van der Waals surface area contributed by atoms with Crippen molar-refractivity contribution in [1.82, 2.24) is 4.98 Å². The van der Waals surface area contributed by atoms with Crippen LogP contribution in [-0.2, 0) is 6.61 Å². The quantitative estimate of drug-likeness (QED) is 0.754. The van der Waals surface area contributed by atoms with E-state index in [4.69, 9.17) is 4.74 Å². The zero-order valence-electron chi connectivity index (χ0n) is 9.99. The molecule has 0 spiro atoms. The lowest BCUT2D eigenvalue weighted by atomic mass is 10.2. The minimum absolute atomic E-state index is 0.282. The van der Waals surface area contributed by atoms with Crippen LogP contribution in [0.1, 0.15) is 5.56 Å². The number of halogens is 2. The van der Waals surface area contributed by atoms with Crippen LogP contribution >= 0.6 is 0 Å². The molecule has 0 aliphatic rings. The second kappa shape index (κ2) is 4.72. The van der Waals surface area contributed by atoms with E-state index in [0.717, 1.165) is 16.5 Å². The molecule has 19 heavy (non-hydrogen) atoms. The SMILES string of the molecule is Fc1ccc(OCc2c[nH]c3ccc(F)cc23)cc1. The molecule has 4 heteroatoms. The zero-order chi connectivity index (χ0) is 13.2. The molecule has 1 heterocycles. The van der Waals surface area contributed by atoms with Gasteiger partial charge in [0.15, 0.2) is 0 Å². The molecule has 96 valence electrons. The molecule has 1 aromatic heterocycles. The maximum absolute atomic E-state index is 13.2. The third-order valence-electron chi connectivity index (χ3n) is 2.94. The first-order valence-electron chi connectivity index (χ1n) is 5.86. The van der Waals surface area contributed by atoms with Gasteiger partial charge in [-0.3, -0.25) is 0 Å². The third kappa shape index (κ3) is 2.42. The minimum Gasteiger partial charge on any atom is -0.489 e. The van der Waals surface area contributed by atoms with Crippen LogP contribution in [0.5, 0.6) is 5.75 Å². The molecule has 0 amide bonds. The number of aromatic amines is 1. The lowest BCUT2D eigenvalue weighted by Gasteiger charge is -2.05. The van der Waals surface area contributed by atoms with Gasteiger partial charge in [-0.25, -0.2) is 8.78 Å². The van der Waals surface area contributed by atoms with Gasteiger partial charge < -0.3 is 9.72 Å². The Bertz CT molecular complexity index is 704. The van der Waals surface area contributed by atoms with Crippen LogP contribution in [0.2, 0.25) is 0 Å². The summed E-state index contributed by atoms with van der Waals surface area (Å²) in [5, 5.41) is 0.794. The molecular weight excluding hydrogens is 248 g/mol. The smallest absolute Gasteiger partial charge is 0.123 e. The summed E-state index contributed by atoms with van der Waals surface area (Å²) < 4.78 is 31.5. The summed E-state index contributed by atoms with van der Waals surface area (Å²) >= 11 is 0. The maximum atomic E-state index is 13.2. The van der Waals surface area contributed by atoms with Crippen molar-refractivity contribution in [3.05, 3.63) is 65.9 Å². The average molecular weight is 259 g/mol. The van der Waals surface area contributed by atoms with Crippen LogP contribution in [0, 0.1) is 11.6 Å². The van der Waals surface area contributed by atoms with Crippen molar-refractivity contribution < 1.29 is 13.5 Å². The second-order valence-electron chi connectivity index (χ2n) is 4.25. The molecular formula is C15H11F2NO. The third-order valence-corrected chi connectivity index (χ3v) is 2.94. The number of benzene rings is 2. The van der Waals surface area contributed by atoms with Crippen LogP contribution in [0.4, 0.5) is 8.78 Å². The molecule has 0 aliphatic carbocycles. The van der Waals surface area contributed by atoms with Crippen molar-refractivity contribution >= 4 is 10.9 Å². The van der Waals surface area contributed by atoms with E-state index in [-0.39, 0.29) is 11.6 Å². The highest BCUT2D eigenvalue weighted by molar-refractivity contribution is 5.83. The van der Waals surface area contributed by atoms with Gasteiger partial charge in [-0.15, -0.1) is 0 Å². The van der Waals surface area contributed by atoms with Crippen molar-refractivity contribution in [2.75, 3.05) is 0 Å². The largest absolute Gasteiger partial charge is 0.489 e. The van der Waals surface area contributed by atoms with Crippen LogP contribution in [0.3, 0.4) is 0 Å². The van der Waals surface area contributed by atoms with Gasteiger partial charge in [0.1, 0.15) is 24.0 Å². The summed E-state index contributed by atoms with van der Waals surface area (Å²) in [6.07, 6.45) is 1.79. The van der Waals surface area contributed by atoms with Gasteiger partial charge >= 0.3 is 0 Å². The van der Waals surface area contributed by atoms with E-state index in [1.165, 1.54) is 24.3 Å². The minimum atomic E-state index is -0.304. The van der Waals surface area contributed by atoms with Gasteiger partial charge in [0.05, 0.1) is 0 Å². The second-order valence-corrected chi connectivity index (χ2v) is 4.25. The molecule has 2 aromatic carbocycles. The average Bonchev–Trinajstić information content (AvgIpc) is 2.80. The van der Waals surface area contributed by atoms with E-state index >= 15 is 0 Å². The van der Waals surface area contributed by atoms with Crippen molar-refractivity contribution in [3.8, 4) is 5.75 Å². The first-order valence-corrected chi connectivity index (χ1v) is 5.86. The number of ether oxygens (including phenoxy) is 1. The monoisotopic (exact) mass is 259 g/mol. The Hall–Kier alpha value is -2.36. The van der Waals surface area contributed by atoms with Crippen molar-refractivity contribution in [1.29, 1.82) is 0 Å². The van der Waals surface area contributed by atoms with E-state index in [2.05, 4.69) is 4.98 Å². The van der Waals surface area contributed by atoms with Crippen molar-refractivity contribution in [3.63, 3.8) is 0 Å². The number of fused-ring (bicyclic) bond motifs is 1. The predicted molar refractivity (Wildman–Crippen MR) is 69.0 cm³/mol. The summed E-state index contributed by atoms with van der Waals surface area (Å²) in [5.74, 6) is -0.0104. The van der Waals surface area contributed by atoms with E-state index in [1.54, 1.807) is 24.4 Å². The number of hydrogen-bond acceptors (Lipinski definition) is 1. The van der Waals surface area contributed by atoms with Crippen LogP contribution in [-0.4, -0.2) is 4.98 Å². The molecule has 3 aromatic rings. The number of hydrogen-bond donors (Lipinski definition) is 1. The van der Waals surface area contributed by atoms with Crippen molar-refractivity contribution in [2.45, 2.75) is 6.61 Å². The van der Waals surface area contributed by atoms with Gasteiger partial charge in [0.2, 0.25) is 0 Å². The van der Waals surface area contributed by atoms with E-state index in [9.17, 15) is 8.78 Å². The fraction of sp³-hybridized carbons (Fsp3) is 0.0667. The fourth-order valence-corrected chi connectivity index (χ4v) is 1.96. The molecule has 1 N–H and O–H groups in total. The molecule has 2 nitrogen and oxygen atoms in total. The molecule has 3 rings (SSSR count). The molecule has 0 saturated carbocycles. The zero-order valence-corrected chi connectivity index (χ0v) is 9.99. The number of nitrogens with one attached hydrogen (secondary N) is 1. The molecule has 0 unspecified atom stereocenters. The summed E-state index contributed by atoms with van der Waals surface area (Å²) in [6.45, 7) is 0.301. The molecule has 0 fully saturated rings. The topological polar surface area (TPSA) is 25.0 Å². The van der Waals surface area contributed by atoms with Crippen LogP contribution in [0.25, 0.3) is 10.9 Å². The van der Waals surface area contributed by atoms with Gasteiger partial charge in [-0.1, -0.05) is 0 Å². The van der Waals surface area contributed by atoms with Crippen LogP contribution < -0.4 is 4.74 Å². The summed E-state index contributed by atoms with van der Waals surface area (Å²) in [6, 6.07) is 10.4. The number of H-pyrrole nitrogens is 1. The van der Waals surface area contributed by atoms with Crippen LogP contribution in [0.15, 0.2) is 48.7 Å². The lowest BCUT2D eigenvalue weighted by Crippen LogP contribution is -1.94. The Labute approximate surface area is 108 Å². The van der Waals surface area contributed by atoms with Gasteiger partial charge in [-0.2, -0.15) is 0 Å². The molecule has 0 saturated heterocycles. The molecule has 0 atom stereocenters. The number of rotatable bonds is 3. The van der Waals surface area contributed by atoms with E-state index < -0.39 is 0 Å². The van der Waals surface area contributed by atoms with Crippen molar-refractivity contribution in [2.24, 2.45) is 0 Å². The molecule has 0 bridgehead atoms. The Morgan fingerprint density at radius 2 is 1.68 bits per heavy atom. The Kier molecular flexibility index (Phi) is 2.91. The Morgan fingerprint density at radius 3 is 2.47 bits per heavy atom. The van der Waals surface area contributed by atoms with E-state index in [0.29, 0.717) is 12.4 Å². The molecule has 0 radical (unpaired) electrons. The standard InChI is InChI=1S/C15H11F2NO/c16-11-1-4-13(5-2-11)19-9-10-8-18-15-6-3-12(17)7-14(10)15/h1-8,18H,9H2. The summed E-state index contributed by atoms with van der Waals surface area (Å²) in [7, 11) is 0. The number of aromatic nitrogens is 1. The summed E-state index contributed by atoms with van der Waals surface area (Å²) in [5.41, 5.74) is 1.72. The van der Waals surface area contributed by atoms with Gasteiger partial charge in [0.25, 0.3) is 0 Å². The lowest BCUT2D eigenvalue weighted by molar-refractivity contribution is 0.307. The first-order chi connectivity index (χ1) is 9.22. The fourth-order valence-electron chi connectivity index (χ4n) is 1.96. The summed E-state index contributed by atoms with van der Waals surface area (Å²) in [4.78, 5) is 3.05. The Morgan fingerprint density at radius 1 is 0.947 bits per heavy atom. The highest BCUT2D eigenvalue weighted by Gasteiger charge is 2.05. The predicted octanol–water partition coefficient (Wildman–Crippen LogP) is 4.03. The highest BCUT2D eigenvalue weighted by Crippen LogP contribution is 2.21. The normalized spacial score (nSPS) is 10.8. The Balaban J connectivity index is 1.81.